The van der Waals surface area contributed by atoms with E-state index in [1.807, 2.05) is 0 Å². The molecule has 0 saturated heterocycles. The van der Waals surface area contributed by atoms with Crippen LogP contribution in [0.2, 0.25) is 0 Å². The third-order valence-electron chi connectivity index (χ3n) is 0. The average molecular weight is 199 g/mol. The van der Waals surface area contributed by atoms with Crippen molar-refractivity contribution in [3.05, 3.63) is 0 Å². The van der Waals surface area contributed by atoms with E-state index < -0.39 is 16.0 Å². The molecule has 9 heavy (non-hydrogen) atoms. The molecule has 0 heterocycles. The van der Waals surface area contributed by atoms with Gasteiger partial charge in [0, 0.05) is 0 Å². The van der Waals surface area contributed by atoms with Crippen molar-refractivity contribution in [3.8, 4) is 0 Å². The SMILES string of the molecule is O.O.O.O.[F][V]([F])([F])[F]. The third kappa shape index (κ3) is 14700. The second-order valence-electron chi connectivity index (χ2n) is 0.383. The van der Waals surface area contributed by atoms with Crippen LogP contribution in [0.25, 0.3) is 0 Å². The molecule has 0 spiro atoms. The molecule has 0 aromatic rings. The Morgan fingerprint density at radius 1 is 0.556 bits per heavy atom. The van der Waals surface area contributed by atoms with Gasteiger partial charge in [0.25, 0.3) is 0 Å². The van der Waals surface area contributed by atoms with Crippen molar-refractivity contribution in [1.29, 1.82) is 0 Å². The Bertz CT molecular complexity index is 28.0. The van der Waals surface area contributed by atoms with E-state index in [1.165, 1.54) is 0 Å². The van der Waals surface area contributed by atoms with Gasteiger partial charge in [-0.3, -0.25) is 0 Å². The first kappa shape index (κ1) is 35.3. The molecule has 9 heteroatoms. The summed E-state index contributed by atoms with van der Waals surface area (Å²) in [5.74, 6) is 0. The maximum atomic E-state index is 9.86. The average Bonchev–Trinajstić information content (AvgIpc) is 0.722. The fraction of sp³-hybridized carbons (Fsp3) is 0. The minimum absolute atomic E-state index is 0. The van der Waals surface area contributed by atoms with Crippen molar-refractivity contribution in [1.82, 2.24) is 0 Å². The Balaban J connectivity index is -0.0000000133. The molecular weight excluding hydrogens is 191 g/mol. The molecule has 65 valence electrons. The van der Waals surface area contributed by atoms with Crippen LogP contribution in [0.15, 0.2) is 0 Å². The van der Waals surface area contributed by atoms with Crippen LogP contribution in [-0.4, -0.2) is 21.9 Å². The summed E-state index contributed by atoms with van der Waals surface area (Å²) in [5.41, 5.74) is 0. The van der Waals surface area contributed by atoms with E-state index in [9.17, 15) is 13.6 Å². The van der Waals surface area contributed by atoms with Crippen molar-refractivity contribution in [2.75, 3.05) is 0 Å². The zero-order valence-corrected chi connectivity index (χ0v) is 5.36. The van der Waals surface area contributed by atoms with Gasteiger partial charge in [-0.15, -0.1) is 0 Å². The van der Waals surface area contributed by atoms with Crippen LogP contribution in [0.3, 0.4) is 0 Å². The second-order valence-corrected chi connectivity index (χ2v) is 1.58. The fourth-order valence-corrected chi connectivity index (χ4v) is 0. The summed E-state index contributed by atoms with van der Waals surface area (Å²) in [6.07, 6.45) is 0. The van der Waals surface area contributed by atoms with Gasteiger partial charge in [-0.1, -0.05) is 0 Å². The topological polar surface area (TPSA) is 126 Å². The molecule has 0 atom stereocenters. The molecule has 0 aliphatic carbocycles. The predicted octanol–water partition coefficient (Wildman–Crippen LogP) is -1.62. The summed E-state index contributed by atoms with van der Waals surface area (Å²) in [5, 5.41) is 0. The normalized spacial score (nSPS) is 6.67. The Kier molecular flexibility index (Phi) is 43.2. The van der Waals surface area contributed by atoms with Gasteiger partial charge in [0.1, 0.15) is 0 Å². The summed E-state index contributed by atoms with van der Waals surface area (Å²) >= 11 is -6.88. The van der Waals surface area contributed by atoms with E-state index in [4.69, 9.17) is 0 Å². The number of rotatable bonds is 0. The standard InChI is InChI=1S/4FH.4H2O.V/h4*1H;4*1H2;/q;;;;;;;;+4/p-4. The predicted molar refractivity (Wildman–Crippen MR) is 18.9 cm³/mol. The summed E-state index contributed by atoms with van der Waals surface area (Å²) < 4.78 is 39.4. The molecule has 0 aliphatic heterocycles. The van der Waals surface area contributed by atoms with Crippen molar-refractivity contribution < 1.29 is 51.5 Å². The molecule has 0 unspecified atom stereocenters. The van der Waals surface area contributed by atoms with Crippen molar-refractivity contribution in [3.63, 3.8) is 0 Å². The summed E-state index contributed by atoms with van der Waals surface area (Å²) in [6.45, 7) is 0. The van der Waals surface area contributed by atoms with E-state index >= 15 is 0 Å². The monoisotopic (exact) mass is 199 g/mol. The van der Waals surface area contributed by atoms with Gasteiger partial charge in [0.2, 0.25) is 0 Å². The zero-order chi connectivity index (χ0) is 4.50. The Labute approximate surface area is 52.4 Å². The molecule has 4 nitrogen and oxygen atoms in total. The molecule has 0 fully saturated rings. The van der Waals surface area contributed by atoms with E-state index in [1.54, 1.807) is 0 Å². The van der Waals surface area contributed by atoms with Crippen LogP contribution in [0.4, 0.5) is 13.6 Å². The molecular formula is H8F4O4V. The molecule has 0 aromatic heterocycles. The fourth-order valence-electron chi connectivity index (χ4n) is 0. The van der Waals surface area contributed by atoms with Gasteiger partial charge in [-0.25, -0.2) is 0 Å². The maximum absolute atomic E-state index is 9.86. The van der Waals surface area contributed by atoms with Gasteiger partial charge < -0.3 is 21.9 Å². The van der Waals surface area contributed by atoms with Crippen molar-refractivity contribution in [2.45, 2.75) is 0 Å². The molecule has 0 rings (SSSR count). The number of hydrogen-bond acceptors (Lipinski definition) is 0. The molecule has 8 N–H and O–H groups in total. The van der Waals surface area contributed by atoms with Crippen molar-refractivity contribution >= 4 is 0 Å². The van der Waals surface area contributed by atoms with E-state index in [-0.39, 0.29) is 21.9 Å². The van der Waals surface area contributed by atoms with Gasteiger partial charge in [0.05, 0.1) is 0 Å². The second kappa shape index (κ2) is 11.0. The Hall–Kier alpha value is 0.144. The Morgan fingerprint density at radius 2 is 0.556 bits per heavy atom. The molecule has 0 aliphatic rings. The first-order valence-corrected chi connectivity index (χ1v) is 2.79. The quantitative estimate of drug-likeness (QED) is 0.415. The zero-order valence-electron chi connectivity index (χ0n) is 3.96. The minimum atomic E-state index is -6.88. The molecule has 0 saturated carbocycles. The van der Waals surface area contributed by atoms with Crippen LogP contribution in [0.5, 0.6) is 0 Å². The first-order valence-electron chi connectivity index (χ1n) is 0.676. The first-order chi connectivity index (χ1) is 2.00. The molecule has 0 radical (unpaired) electrons. The molecule has 0 bridgehead atoms. The van der Waals surface area contributed by atoms with E-state index in [0.29, 0.717) is 0 Å². The van der Waals surface area contributed by atoms with Gasteiger partial charge >= 0.3 is 29.6 Å². The summed E-state index contributed by atoms with van der Waals surface area (Å²) in [7, 11) is 0. The van der Waals surface area contributed by atoms with Crippen LogP contribution in [0, 0.1) is 0 Å². The van der Waals surface area contributed by atoms with Gasteiger partial charge in [0.15, 0.2) is 0 Å². The summed E-state index contributed by atoms with van der Waals surface area (Å²) in [6, 6.07) is 0. The van der Waals surface area contributed by atoms with Gasteiger partial charge in [-0.05, 0) is 0 Å². The number of halogens is 4. The van der Waals surface area contributed by atoms with E-state index in [2.05, 4.69) is 0 Å². The van der Waals surface area contributed by atoms with Crippen LogP contribution < -0.4 is 0 Å². The van der Waals surface area contributed by atoms with Crippen LogP contribution in [-0.2, 0) is 16.0 Å². The van der Waals surface area contributed by atoms with Crippen LogP contribution >= 0.6 is 0 Å². The summed E-state index contributed by atoms with van der Waals surface area (Å²) in [4.78, 5) is 0. The third-order valence-corrected chi connectivity index (χ3v) is 0. The van der Waals surface area contributed by atoms with Crippen LogP contribution in [0.1, 0.15) is 0 Å². The Morgan fingerprint density at radius 3 is 0.556 bits per heavy atom. The van der Waals surface area contributed by atoms with Gasteiger partial charge in [-0.2, -0.15) is 0 Å². The van der Waals surface area contributed by atoms with Crippen molar-refractivity contribution in [2.24, 2.45) is 0 Å². The number of hydrogen-bond donors (Lipinski definition) is 0. The molecule has 0 aromatic carbocycles. The van der Waals surface area contributed by atoms with E-state index in [0.717, 1.165) is 0 Å². The molecule has 0 amide bonds.